The van der Waals surface area contributed by atoms with E-state index in [9.17, 15) is 14.0 Å². The van der Waals surface area contributed by atoms with Gasteiger partial charge in [0, 0.05) is 38.3 Å². The van der Waals surface area contributed by atoms with Gasteiger partial charge in [0.25, 0.3) is 0 Å². The third-order valence-electron chi connectivity index (χ3n) is 5.25. The Labute approximate surface area is 165 Å². The maximum Gasteiger partial charge on any atom is 0.237 e. The lowest BCUT2D eigenvalue weighted by atomic mass is 10.1. The van der Waals surface area contributed by atoms with Crippen molar-refractivity contribution in [1.29, 1.82) is 0 Å². The average Bonchev–Trinajstić information content (AvgIpc) is 2.72. The van der Waals surface area contributed by atoms with Gasteiger partial charge in [0.05, 0.1) is 11.7 Å². The van der Waals surface area contributed by atoms with Crippen molar-refractivity contribution in [1.82, 2.24) is 10.2 Å². The van der Waals surface area contributed by atoms with Gasteiger partial charge >= 0.3 is 0 Å². The van der Waals surface area contributed by atoms with Gasteiger partial charge in [-0.2, -0.15) is 0 Å². The number of nitrogens with zero attached hydrogens (tertiary/aromatic N) is 2. The number of hydrogen-bond donors (Lipinski definition) is 1. The molecule has 0 unspecified atom stereocenters. The van der Waals surface area contributed by atoms with Gasteiger partial charge in [-0.3, -0.25) is 14.5 Å². The van der Waals surface area contributed by atoms with Gasteiger partial charge in [-0.25, -0.2) is 4.39 Å². The highest BCUT2D eigenvalue weighted by molar-refractivity contribution is 5.94. The third-order valence-corrected chi connectivity index (χ3v) is 5.25. The number of hydrogen-bond acceptors (Lipinski definition) is 4. The minimum absolute atomic E-state index is 0.00528. The third kappa shape index (κ3) is 4.75. The molecule has 0 spiro atoms. The Morgan fingerprint density at radius 3 is 2.36 bits per heavy atom. The molecule has 1 aliphatic heterocycles. The monoisotopic (exact) mass is 383 g/mol. The van der Waals surface area contributed by atoms with Crippen molar-refractivity contribution in [3.05, 3.63) is 65.5 Å². The van der Waals surface area contributed by atoms with Crippen molar-refractivity contribution >= 4 is 17.4 Å². The van der Waals surface area contributed by atoms with Crippen LogP contribution < -0.4 is 10.2 Å². The van der Waals surface area contributed by atoms with E-state index in [1.54, 1.807) is 12.1 Å². The summed E-state index contributed by atoms with van der Waals surface area (Å²) >= 11 is 0. The number of benzene rings is 2. The van der Waals surface area contributed by atoms with E-state index in [1.807, 2.05) is 42.2 Å². The largest absolute Gasteiger partial charge is 0.367 e. The summed E-state index contributed by atoms with van der Waals surface area (Å²) in [6.45, 7) is 6.45. The smallest absolute Gasteiger partial charge is 0.237 e. The van der Waals surface area contributed by atoms with E-state index < -0.39 is 0 Å². The second-order valence-electron chi connectivity index (χ2n) is 7.12. The van der Waals surface area contributed by atoms with Crippen LogP contribution in [0.3, 0.4) is 0 Å². The molecule has 3 rings (SSSR count). The highest BCUT2D eigenvalue weighted by Crippen LogP contribution is 2.22. The quantitative estimate of drug-likeness (QED) is 0.780. The van der Waals surface area contributed by atoms with Crippen LogP contribution in [0.2, 0.25) is 0 Å². The van der Waals surface area contributed by atoms with Crippen molar-refractivity contribution in [2.45, 2.75) is 26.4 Å². The summed E-state index contributed by atoms with van der Waals surface area (Å²) in [6, 6.07) is 14.2. The molecule has 2 aromatic rings. The van der Waals surface area contributed by atoms with Crippen LogP contribution in [0.5, 0.6) is 0 Å². The molecular weight excluding hydrogens is 357 g/mol. The van der Waals surface area contributed by atoms with Crippen molar-refractivity contribution in [2.24, 2.45) is 0 Å². The number of carbonyl (C=O) groups excluding carboxylic acids is 2. The van der Waals surface area contributed by atoms with Gasteiger partial charge in [-0.1, -0.05) is 30.3 Å². The Morgan fingerprint density at radius 1 is 1.07 bits per heavy atom. The summed E-state index contributed by atoms with van der Waals surface area (Å²) in [5, 5.41) is 2.98. The van der Waals surface area contributed by atoms with Crippen molar-refractivity contribution in [3.63, 3.8) is 0 Å². The van der Waals surface area contributed by atoms with Gasteiger partial charge in [-0.05, 0) is 37.6 Å². The summed E-state index contributed by atoms with van der Waals surface area (Å²) in [7, 11) is 0. The topological polar surface area (TPSA) is 52.7 Å². The summed E-state index contributed by atoms with van der Waals surface area (Å²) in [4.78, 5) is 27.9. The fourth-order valence-corrected chi connectivity index (χ4v) is 3.43. The summed E-state index contributed by atoms with van der Waals surface area (Å²) in [6.07, 6.45) is 0. The number of anilines is 1. The zero-order chi connectivity index (χ0) is 20.1. The maximum atomic E-state index is 14.4. The van der Waals surface area contributed by atoms with E-state index in [0.29, 0.717) is 44.0 Å². The van der Waals surface area contributed by atoms with Crippen LogP contribution in [0, 0.1) is 5.82 Å². The number of amides is 1. The first-order chi connectivity index (χ1) is 13.5. The molecule has 1 amide bonds. The summed E-state index contributed by atoms with van der Waals surface area (Å²) in [5.74, 6) is -0.533. The number of piperazine rings is 1. The van der Waals surface area contributed by atoms with E-state index in [2.05, 4.69) is 10.2 Å². The predicted octanol–water partition coefficient (Wildman–Crippen LogP) is 2.86. The zero-order valence-electron chi connectivity index (χ0n) is 16.3. The number of carbonyl (C=O) groups is 2. The first-order valence-electron chi connectivity index (χ1n) is 9.57. The molecule has 0 saturated carbocycles. The van der Waals surface area contributed by atoms with E-state index >= 15 is 0 Å². The minimum atomic E-state index is -0.380. The lowest BCUT2D eigenvalue weighted by molar-refractivity contribution is -0.126. The molecule has 1 saturated heterocycles. The number of nitrogens with one attached hydrogen (secondary N) is 1. The number of rotatable bonds is 6. The molecule has 0 aliphatic carbocycles. The van der Waals surface area contributed by atoms with E-state index in [0.717, 1.165) is 5.56 Å². The average molecular weight is 383 g/mol. The van der Waals surface area contributed by atoms with Crippen molar-refractivity contribution in [3.8, 4) is 0 Å². The van der Waals surface area contributed by atoms with Crippen molar-refractivity contribution in [2.75, 3.05) is 31.1 Å². The lowest BCUT2D eigenvalue weighted by Gasteiger charge is -2.38. The Morgan fingerprint density at radius 2 is 1.75 bits per heavy atom. The Balaban J connectivity index is 1.53. The molecule has 6 heteroatoms. The standard InChI is InChI=1S/C22H26FN3O2/c1-16(22(28)24-15-18-6-4-3-5-7-18)25-10-12-26(13-11-25)21-9-8-19(17(2)27)14-20(21)23/h3-9,14,16H,10-13,15H2,1-2H3,(H,24,28)/t16-/m0/s1. The van der Waals surface area contributed by atoms with Crippen LogP contribution in [0.4, 0.5) is 10.1 Å². The zero-order valence-corrected chi connectivity index (χ0v) is 16.3. The van der Waals surface area contributed by atoms with Gasteiger partial charge in [0.1, 0.15) is 5.82 Å². The van der Waals surface area contributed by atoms with Gasteiger partial charge in [-0.15, -0.1) is 0 Å². The summed E-state index contributed by atoms with van der Waals surface area (Å²) in [5.41, 5.74) is 1.95. The molecule has 1 heterocycles. The first-order valence-corrected chi connectivity index (χ1v) is 9.57. The maximum absolute atomic E-state index is 14.4. The van der Waals surface area contributed by atoms with Gasteiger partial charge < -0.3 is 10.2 Å². The van der Waals surface area contributed by atoms with Crippen LogP contribution in [0.25, 0.3) is 0 Å². The molecule has 5 nitrogen and oxygen atoms in total. The molecule has 148 valence electrons. The van der Waals surface area contributed by atoms with Crippen LogP contribution in [0.15, 0.2) is 48.5 Å². The molecule has 0 bridgehead atoms. The Hall–Kier alpha value is -2.73. The van der Waals surface area contributed by atoms with Gasteiger partial charge in [0.2, 0.25) is 5.91 Å². The van der Waals surface area contributed by atoms with E-state index in [4.69, 9.17) is 0 Å². The van der Waals surface area contributed by atoms with Crippen LogP contribution in [-0.2, 0) is 11.3 Å². The van der Waals surface area contributed by atoms with Crippen LogP contribution >= 0.6 is 0 Å². The highest BCUT2D eigenvalue weighted by atomic mass is 19.1. The predicted molar refractivity (Wildman–Crippen MR) is 108 cm³/mol. The molecule has 0 aromatic heterocycles. The fourth-order valence-electron chi connectivity index (χ4n) is 3.43. The number of Topliss-reactive ketones (excluding diaryl/α,β-unsaturated/α-hetero) is 1. The molecule has 28 heavy (non-hydrogen) atoms. The van der Waals surface area contributed by atoms with Crippen LogP contribution in [-0.4, -0.2) is 48.8 Å². The molecule has 1 fully saturated rings. The molecule has 1 atom stereocenters. The molecule has 0 radical (unpaired) electrons. The first kappa shape index (κ1) is 20.0. The van der Waals surface area contributed by atoms with E-state index in [-0.39, 0.29) is 23.5 Å². The summed E-state index contributed by atoms with van der Waals surface area (Å²) < 4.78 is 14.4. The molecule has 1 aliphatic rings. The molecular formula is C22H26FN3O2. The molecule has 2 aromatic carbocycles. The Bertz CT molecular complexity index is 833. The molecule has 1 N–H and O–H groups in total. The normalized spacial score (nSPS) is 15.9. The Kier molecular flexibility index (Phi) is 6.41. The van der Waals surface area contributed by atoms with E-state index in [1.165, 1.54) is 13.0 Å². The SMILES string of the molecule is CC(=O)c1ccc(N2CCN([C@@H](C)C(=O)NCc3ccccc3)CC2)c(F)c1. The second kappa shape index (κ2) is 8.97. The van der Waals surface area contributed by atoms with Crippen LogP contribution in [0.1, 0.15) is 29.8 Å². The fraction of sp³-hybridized carbons (Fsp3) is 0.364. The second-order valence-corrected chi connectivity index (χ2v) is 7.12. The minimum Gasteiger partial charge on any atom is -0.367 e. The number of ketones is 1. The van der Waals surface area contributed by atoms with Crippen molar-refractivity contribution < 1.29 is 14.0 Å². The highest BCUT2D eigenvalue weighted by Gasteiger charge is 2.26. The lowest BCUT2D eigenvalue weighted by Crippen LogP contribution is -2.54. The van der Waals surface area contributed by atoms with Gasteiger partial charge in [0.15, 0.2) is 5.78 Å². The number of halogens is 1.